The molecule has 1 unspecified atom stereocenters. The number of carbonyl (C=O) groups excluding carboxylic acids is 1. The number of piperidine rings is 1. The summed E-state index contributed by atoms with van der Waals surface area (Å²) in [6.45, 7) is 2.60. The first-order valence-corrected chi connectivity index (χ1v) is 9.61. The Bertz CT molecular complexity index is 699. The van der Waals surface area contributed by atoms with Crippen molar-refractivity contribution in [2.24, 2.45) is 0 Å². The number of nitrogens with one attached hydrogen (secondary N) is 3. The third kappa shape index (κ3) is 4.69. The molecule has 1 heterocycles. The molecule has 1 aromatic carbocycles. The lowest BCUT2D eigenvalue weighted by molar-refractivity contribution is -0.118. The van der Waals surface area contributed by atoms with Crippen molar-refractivity contribution in [2.45, 2.75) is 56.0 Å². The lowest BCUT2D eigenvalue weighted by Gasteiger charge is -2.22. The first-order valence-electron chi connectivity index (χ1n) is 8.13. The van der Waals surface area contributed by atoms with Gasteiger partial charge in [0.2, 0.25) is 15.9 Å². The quantitative estimate of drug-likeness (QED) is 0.736. The third-order valence-corrected chi connectivity index (χ3v) is 5.93. The topological polar surface area (TPSA) is 87.3 Å². The summed E-state index contributed by atoms with van der Waals surface area (Å²) in [5.74, 6) is -0.105. The molecule has 1 aromatic rings. The first-order chi connectivity index (χ1) is 11.0. The Morgan fingerprint density at radius 3 is 2.58 bits per heavy atom. The van der Waals surface area contributed by atoms with Gasteiger partial charge in [-0.2, -0.15) is 0 Å². The average molecular weight is 374 g/mol. The normalized spacial score (nSPS) is 21.0. The van der Waals surface area contributed by atoms with E-state index in [9.17, 15) is 13.2 Å². The number of amides is 1. The fourth-order valence-corrected chi connectivity index (χ4v) is 4.33. The van der Waals surface area contributed by atoms with Crippen LogP contribution >= 0.6 is 12.4 Å². The van der Waals surface area contributed by atoms with Crippen LogP contribution in [0, 0.1) is 6.92 Å². The predicted octanol–water partition coefficient (Wildman–Crippen LogP) is 1.94. The largest absolute Gasteiger partial charge is 0.325 e. The van der Waals surface area contributed by atoms with E-state index in [1.807, 2.05) is 0 Å². The summed E-state index contributed by atoms with van der Waals surface area (Å²) < 4.78 is 27.5. The van der Waals surface area contributed by atoms with Gasteiger partial charge in [0.1, 0.15) is 0 Å². The number of rotatable bonds is 5. The molecule has 3 rings (SSSR count). The molecule has 0 spiro atoms. The summed E-state index contributed by atoms with van der Waals surface area (Å²) in [6, 6.07) is 4.87. The van der Waals surface area contributed by atoms with Crippen LogP contribution in [0.5, 0.6) is 0 Å². The molecule has 1 saturated heterocycles. The Hall–Kier alpha value is -1.15. The molecule has 1 atom stereocenters. The van der Waals surface area contributed by atoms with Crippen LogP contribution in [0.15, 0.2) is 23.1 Å². The Morgan fingerprint density at radius 2 is 1.96 bits per heavy atom. The maximum atomic E-state index is 12.4. The molecule has 1 saturated carbocycles. The second-order valence-corrected chi connectivity index (χ2v) is 8.05. The van der Waals surface area contributed by atoms with Gasteiger partial charge in [0.05, 0.1) is 10.9 Å². The fraction of sp³-hybridized carbons (Fsp3) is 0.562. The van der Waals surface area contributed by atoms with Crippen molar-refractivity contribution in [1.82, 2.24) is 10.0 Å². The van der Waals surface area contributed by atoms with Crippen molar-refractivity contribution in [3.63, 3.8) is 0 Å². The molecule has 24 heavy (non-hydrogen) atoms. The maximum Gasteiger partial charge on any atom is 0.241 e. The summed E-state index contributed by atoms with van der Waals surface area (Å²) in [5.41, 5.74) is 1.19. The number of anilines is 1. The molecule has 1 amide bonds. The summed E-state index contributed by atoms with van der Waals surface area (Å²) >= 11 is 0. The van der Waals surface area contributed by atoms with Crippen LogP contribution in [-0.2, 0) is 14.8 Å². The van der Waals surface area contributed by atoms with Gasteiger partial charge in [-0.05, 0) is 56.8 Å². The lowest BCUT2D eigenvalue weighted by atomic mass is 10.0. The van der Waals surface area contributed by atoms with Crippen molar-refractivity contribution in [2.75, 3.05) is 11.9 Å². The highest BCUT2D eigenvalue weighted by molar-refractivity contribution is 7.89. The minimum absolute atomic E-state index is 0. The highest BCUT2D eigenvalue weighted by Crippen LogP contribution is 2.25. The van der Waals surface area contributed by atoms with E-state index in [4.69, 9.17) is 0 Å². The number of hydrogen-bond donors (Lipinski definition) is 3. The van der Waals surface area contributed by atoms with E-state index in [0.717, 1.165) is 38.6 Å². The van der Waals surface area contributed by atoms with E-state index in [2.05, 4.69) is 15.4 Å². The van der Waals surface area contributed by atoms with Crippen LogP contribution in [-0.4, -0.2) is 33.0 Å². The molecule has 0 aromatic heterocycles. The molecular weight excluding hydrogens is 350 g/mol. The first kappa shape index (κ1) is 19.2. The second-order valence-electron chi connectivity index (χ2n) is 6.37. The van der Waals surface area contributed by atoms with Gasteiger partial charge < -0.3 is 10.6 Å². The monoisotopic (exact) mass is 373 g/mol. The van der Waals surface area contributed by atoms with Crippen molar-refractivity contribution in [3.05, 3.63) is 23.8 Å². The van der Waals surface area contributed by atoms with E-state index >= 15 is 0 Å². The van der Waals surface area contributed by atoms with Crippen molar-refractivity contribution < 1.29 is 13.2 Å². The summed E-state index contributed by atoms with van der Waals surface area (Å²) in [6.07, 6.45) is 4.71. The standard InChI is InChI=1S/C16H23N3O3S.ClH/c1-11-5-6-13(18-16(20)14-4-2-3-9-17-14)10-15(11)23(21,22)19-12-7-8-12;/h5-6,10,12,14,17,19H,2-4,7-9H2,1H3,(H,18,20);1H. The van der Waals surface area contributed by atoms with Gasteiger partial charge in [0.25, 0.3) is 0 Å². The summed E-state index contributed by atoms with van der Waals surface area (Å²) in [5, 5.41) is 6.01. The Balaban J connectivity index is 0.00000208. The van der Waals surface area contributed by atoms with Gasteiger partial charge in [0, 0.05) is 11.7 Å². The summed E-state index contributed by atoms with van der Waals surface area (Å²) in [7, 11) is -3.53. The highest BCUT2D eigenvalue weighted by atomic mass is 35.5. The minimum atomic E-state index is -3.53. The number of aryl methyl sites for hydroxylation is 1. The molecule has 134 valence electrons. The zero-order valence-corrected chi connectivity index (χ0v) is 15.3. The van der Waals surface area contributed by atoms with Crippen LogP contribution in [0.3, 0.4) is 0 Å². The molecule has 8 heteroatoms. The molecule has 6 nitrogen and oxygen atoms in total. The van der Waals surface area contributed by atoms with E-state index in [1.165, 1.54) is 0 Å². The van der Waals surface area contributed by atoms with Crippen LogP contribution in [0.25, 0.3) is 0 Å². The van der Waals surface area contributed by atoms with Crippen molar-refractivity contribution in [1.29, 1.82) is 0 Å². The van der Waals surface area contributed by atoms with Crippen LogP contribution in [0.2, 0.25) is 0 Å². The lowest BCUT2D eigenvalue weighted by Crippen LogP contribution is -2.43. The molecule has 0 bridgehead atoms. The van der Waals surface area contributed by atoms with Gasteiger partial charge >= 0.3 is 0 Å². The smallest absolute Gasteiger partial charge is 0.241 e. The number of sulfonamides is 1. The van der Waals surface area contributed by atoms with E-state index < -0.39 is 10.0 Å². The fourth-order valence-electron chi connectivity index (χ4n) is 2.76. The van der Waals surface area contributed by atoms with Gasteiger partial charge in [-0.1, -0.05) is 12.5 Å². The molecule has 2 aliphatic rings. The Morgan fingerprint density at radius 1 is 1.21 bits per heavy atom. The molecule has 3 N–H and O–H groups in total. The second kappa shape index (κ2) is 7.82. The van der Waals surface area contributed by atoms with E-state index in [0.29, 0.717) is 11.3 Å². The SMILES string of the molecule is Cc1ccc(NC(=O)C2CCCCN2)cc1S(=O)(=O)NC1CC1.Cl. The molecule has 1 aliphatic heterocycles. The Labute approximate surface area is 149 Å². The van der Waals surface area contributed by atoms with Crippen molar-refractivity contribution >= 4 is 34.0 Å². The maximum absolute atomic E-state index is 12.4. The number of halogens is 1. The van der Waals surface area contributed by atoms with Gasteiger partial charge in [-0.15, -0.1) is 12.4 Å². The van der Waals surface area contributed by atoms with Crippen molar-refractivity contribution in [3.8, 4) is 0 Å². The zero-order chi connectivity index (χ0) is 16.4. The summed E-state index contributed by atoms with van der Waals surface area (Å²) in [4.78, 5) is 12.5. The predicted molar refractivity (Wildman–Crippen MR) is 96.0 cm³/mol. The van der Waals surface area contributed by atoms with Gasteiger partial charge in [-0.25, -0.2) is 13.1 Å². The van der Waals surface area contributed by atoms with Gasteiger partial charge in [0.15, 0.2) is 0 Å². The average Bonchev–Trinajstić information content (AvgIpc) is 3.33. The molecule has 1 aliphatic carbocycles. The number of benzene rings is 1. The van der Waals surface area contributed by atoms with E-state index in [1.54, 1.807) is 25.1 Å². The molecule has 0 radical (unpaired) electrons. The van der Waals surface area contributed by atoms with Gasteiger partial charge in [-0.3, -0.25) is 4.79 Å². The van der Waals surface area contributed by atoms with Crippen LogP contribution in [0.1, 0.15) is 37.7 Å². The van der Waals surface area contributed by atoms with E-state index in [-0.39, 0.29) is 35.3 Å². The van der Waals surface area contributed by atoms with Crippen LogP contribution in [0.4, 0.5) is 5.69 Å². The number of carbonyl (C=O) groups is 1. The number of hydrogen-bond acceptors (Lipinski definition) is 4. The molecular formula is C16H24ClN3O3S. The highest BCUT2D eigenvalue weighted by Gasteiger charge is 2.29. The van der Waals surface area contributed by atoms with Crippen LogP contribution < -0.4 is 15.4 Å². The molecule has 2 fully saturated rings. The Kier molecular flexibility index (Phi) is 6.25. The minimum Gasteiger partial charge on any atom is -0.325 e. The third-order valence-electron chi connectivity index (χ3n) is 4.27. The zero-order valence-electron chi connectivity index (χ0n) is 13.7.